The number of hydrogen-bond acceptors (Lipinski definition) is 3. The lowest BCUT2D eigenvalue weighted by Gasteiger charge is -2.46. The van der Waals surface area contributed by atoms with E-state index in [1.807, 2.05) is 0 Å². The number of likely N-dealkylation sites (N-methyl/N-ethyl adjacent to an activating group) is 1. The van der Waals surface area contributed by atoms with E-state index in [0.29, 0.717) is 17.4 Å². The van der Waals surface area contributed by atoms with Crippen molar-refractivity contribution in [3.63, 3.8) is 0 Å². The van der Waals surface area contributed by atoms with Gasteiger partial charge in [0.25, 0.3) is 0 Å². The van der Waals surface area contributed by atoms with Gasteiger partial charge in [-0.1, -0.05) is 40.0 Å². The number of aliphatic hydroxyl groups is 1. The van der Waals surface area contributed by atoms with Gasteiger partial charge in [-0.15, -0.1) is 0 Å². The zero-order valence-electron chi connectivity index (χ0n) is 14.6. The topological polar surface area (TPSA) is 35.5 Å². The minimum Gasteiger partial charge on any atom is -0.389 e. The number of nitrogens with zero attached hydrogens (tertiary/aromatic N) is 1. The minimum atomic E-state index is -0.410. The van der Waals surface area contributed by atoms with Gasteiger partial charge in [-0.3, -0.25) is 0 Å². The molecule has 0 heterocycles. The van der Waals surface area contributed by atoms with Crippen LogP contribution in [0.1, 0.15) is 65.7 Å². The average Bonchev–Trinajstić information content (AvgIpc) is 2.79. The van der Waals surface area contributed by atoms with E-state index in [-0.39, 0.29) is 0 Å². The zero-order valence-corrected chi connectivity index (χ0v) is 14.6. The highest BCUT2D eigenvalue weighted by molar-refractivity contribution is 4.95. The third-order valence-electron chi connectivity index (χ3n) is 5.78. The van der Waals surface area contributed by atoms with Gasteiger partial charge in [0.1, 0.15) is 0 Å². The Kier molecular flexibility index (Phi) is 5.72. The van der Waals surface area contributed by atoms with Gasteiger partial charge in [-0.25, -0.2) is 0 Å². The molecule has 2 unspecified atom stereocenters. The van der Waals surface area contributed by atoms with Crippen LogP contribution in [-0.4, -0.2) is 48.3 Å². The quantitative estimate of drug-likeness (QED) is 0.791. The van der Waals surface area contributed by atoms with Crippen molar-refractivity contribution < 1.29 is 5.11 Å². The summed E-state index contributed by atoms with van der Waals surface area (Å²) < 4.78 is 0. The Balaban J connectivity index is 1.92. The molecule has 2 fully saturated rings. The van der Waals surface area contributed by atoms with Crippen molar-refractivity contribution >= 4 is 0 Å². The molecule has 2 rings (SSSR count). The highest BCUT2D eigenvalue weighted by Crippen LogP contribution is 2.39. The van der Waals surface area contributed by atoms with Gasteiger partial charge in [0.15, 0.2) is 0 Å². The van der Waals surface area contributed by atoms with Crippen molar-refractivity contribution in [3.8, 4) is 0 Å². The van der Waals surface area contributed by atoms with Crippen molar-refractivity contribution in [3.05, 3.63) is 0 Å². The molecule has 0 aliphatic heterocycles. The molecule has 21 heavy (non-hydrogen) atoms. The lowest BCUT2D eigenvalue weighted by Crippen LogP contribution is -2.53. The normalized spacial score (nSPS) is 31.7. The average molecular weight is 296 g/mol. The van der Waals surface area contributed by atoms with Crippen molar-refractivity contribution in [2.75, 3.05) is 26.7 Å². The Morgan fingerprint density at radius 1 is 1.14 bits per heavy atom. The minimum absolute atomic E-state index is 0.393. The Morgan fingerprint density at radius 3 is 2.43 bits per heavy atom. The monoisotopic (exact) mass is 296 g/mol. The second kappa shape index (κ2) is 6.97. The number of nitrogens with one attached hydrogen (secondary N) is 1. The molecule has 2 atom stereocenters. The fourth-order valence-electron chi connectivity index (χ4n) is 4.80. The van der Waals surface area contributed by atoms with Crippen molar-refractivity contribution in [2.45, 2.75) is 77.4 Å². The molecule has 0 bridgehead atoms. The summed E-state index contributed by atoms with van der Waals surface area (Å²) in [4.78, 5) is 2.39. The van der Waals surface area contributed by atoms with E-state index < -0.39 is 5.60 Å². The second-order valence-electron chi connectivity index (χ2n) is 8.30. The Labute approximate surface area is 131 Å². The molecule has 2 aliphatic carbocycles. The molecule has 2 saturated carbocycles. The summed E-state index contributed by atoms with van der Waals surface area (Å²) in [6.45, 7) is 10.1. The van der Waals surface area contributed by atoms with Gasteiger partial charge in [-0.05, 0) is 50.6 Å². The lowest BCUT2D eigenvalue weighted by atomic mass is 9.67. The lowest BCUT2D eigenvalue weighted by molar-refractivity contribution is 0.00393. The molecule has 0 aromatic heterocycles. The predicted octanol–water partition coefficient (Wildman–Crippen LogP) is 3.03. The van der Waals surface area contributed by atoms with Gasteiger partial charge in [0.05, 0.1) is 5.60 Å². The van der Waals surface area contributed by atoms with Gasteiger partial charge < -0.3 is 15.3 Å². The van der Waals surface area contributed by atoms with Crippen LogP contribution in [0.4, 0.5) is 0 Å². The fourth-order valence-corrected chi connectivity index (χ4v) is 4.80. The maximum absolute atomic E-state index is 10.6. The smallest absolute Gasteiger partial charge is 0.0774 e. The molecule has 0 radical (unpaired) electrons. The third kappa shape index (κ3) is 4.43. The Bertz CT molecular complexity index is 323. The van der Waals surface area contributed by atoms with E-state index >= 15 is 0 Å². The molecule has 0 spiro atoms. The SMILES string of the molecule is CCNC1C(CN(C)CC2(O)CCCC2)CCCC1(C)C. The van der Waals surface area contributed by atoms with E-state index in [2.05, 4.69) is 38.0 Å². The first-order valence-electron chi connectivity index (χ1n) is 9.01. The molecule has 0 aromatic rings. The van der Waals surface area contributed by atoms with E-state index in [0.717, 1.165) is 32.5 Å². The first-order valence-corrected chi connectivity index (χ1v) is 9.01. The first-order chi connectivity index (χ1) is 9.86. The molecular formula is C18H36N2O. The summed E-state index contributed by atoms with van der Waals surface area (Å²) in [7, 11) is 2.20. The van der Waals surface area contributed by atoms with E-state index in [4.69, 9.17) is 0 Å². The van der Waals surface area contributed by atoms with Crippen LogP contribution in [0.15, 0.2) is 0 Å². The van der Waals surface area contributed by atoms with Gasteiger partial charge in [-0.2, -0.15) is 0 Å². The summed E-state index contributed by atoms with van der Waals surface area (Å²) >= 11 is 0. The van der Waals surface area contributed by atoms with Crippen molar-refractivity contribution in [1.82, 2.24) is 10.2 Å². The van der Waals surface area contributed by atoms with Crippen molar-refractivity contribution in [1.29, 1.82) is 0 Å². The highest BCUT2D eigenvalue weighted by Gasteiger charge is 2.39. The van der Waals surface area contributed by atoms with Crippen LogP contribution in [0.2, 0.25) is 0 Å². The van der Waals surface area contributed by atoms with E-state index in [1.165, 1.54) is 32.1 Å². The molecule has 0 aromatic carbocycles. The second-order valence-corrected chi connectivity index (χ2v) is 8.30. The van der Waals surface area contributed by atoms with Crippen LogP contribution in [0.25, 0.3) is 0 Å². The molecule has 0 amide bonds. The maximum Gasteiger partial charge on any atom is 0.0774 e. The Morgan fingerprint density at radius 2 is 1.81 bits per heavy atom. The van der Waals surface area contributed by atoms with E-state index in [1.54, 1.807) is 0 Å². The number of hydrogen-bond donors (Lipinski definition) is 2. The summed E-state index contributed by atoms with van der Waals surface area (Å²) in [5.74, 6) is 0.712. The van der Waals surface area contributed by atoms with Crippen LogP contribution in [0.5, 0.6) is 0 Å². The summed E-state index contributed by atoms with van der Waals surface area (Å²) in [6, 6.07) is 0.608. The molecule has 0 saturated heterocycles. The molecule has 3 nitrogen and oxygen atoms in total. The first kappa shape index (κ1) is 17.2. The van der Waals surface area contributed by atoms with Gasteiger partial charge in [0.2, 0.25) is 0 Å². The standard InChI is InChI=1S/C18H36N2O/c1-5-19-16-15(9-8-10-17(16,2)3)13-20(4)14-18(21)11-6-7-12-18/h15-16,19,21H,5-14H2,1-4H3. The highest BCUT2D eigenvalue weighted by atomic mass is 16.3. The molecule has 2 aliphatic rings. The fraction of sp³-hybridized carbons (Fsp3) is 1.00. The van der Waals surface area contributed by atoms with E-state index in [9.17, 15) is 5.11 Å². The molecule has 2 N–H and O–H groups in total. The van der Waals surface area contributed by atoms with Crippen LogP contribution in [-0.2, 0) is 0 Å². The summed E-state index contributed by atoms with van der Waals surface area (Å²) in [5, 5.41) is 14.3. The molecule has 3 heteroatoms. The van der Waals surface area contributed by atoms with Crippen LogP contribution in [0, 0.1) is 11.3 Å². The third-order valence-corrected chi connectivity index (χ3v) is 5.78. The summed E-state index contributed by atoms with van der Waals surface area (Å²) in [6.07, 6.45) is 8.37. The van der Waals surface area contributed by atoms with Crippen LogP contribution >= 0.6 is 0 Å². The number of rotatable bonds is 6. The molecular weight excluding hydrogens is 260 g/mol. The van der Waals surface area contributed by atoms with Gasteiger partial charge in [0, 0.05) is 19.1 Å². The van der Waals surface area contributed by atoms with Gasteiger partial charge >= 0.3 is 0 Å². The Hall–Kier alpha value is -0.120. The van der Waals surface area contributed by atoms with Crippen molar-refractivity contribution in [2.24, 2.45) is 11.3 Å². The van der Waals surface area contributed by atoms with Crippen LogP contribution < -0.4 is 5.32 Å². The largest absolute Gasteiger partial charge is 0.389 e. The zero-order chi connectivity index (χ0) is 15.5. The van der Waals surface area contributed by atoms with Crippen LogP contribution in [0.3, 0.4) is 0 Å². The maximum atomic E-state index is 10.6. The predicted molar refractivity (Wildman–Crippen MR) is 89.5 cm³/mol. The molecule has 124 valence electrons. The summed E-state index contributed by atoms with van der Waals surface area (Å²) in [5.41, 5.74) is -0.0172.